The normalized spacial score (nSPS) is 10.8. The maximum Gasteiger partial charge on any atom is 0.328 e. The predicted molar refractivity (Wildman–Crippen MR) is 87.2 cm³/mol. The van der Waals surface area contributed by atoms with E-state index < -0.39 is 5.97 Å². The van der Waals surface area contributed by atoms with Crippen LogP contribution in [0.5, 0.6) is 0 Å². The van der Waals surface area contributed by atoms with Gasteiger partial charge in [0.1, 0.15) is 0 Å². The average Bonchev–Trinajstić information content (AvgIpc) is 2.46. The van der Waals surface area contributed by atoms with Gasteiger partial charge < -0.3 is 10.0 Å². The van der Waals surface area contributed by atoms with Crippen molar-refractivity contribution >= 4 is 33.7 Å². The fourth-order valence-electron chi connectivity index (χ4n) is 1.88. The summed E-state index contributed by atoms with van der Waals surface area (Å²) in [6, 6.07) is 11.6. The summed E-state index contributed by atoms with van der Waals surface area (Å²) in [5.74, 6) is -0.960. The Labute approximate surface area is 131 Å². The molecule has 0 fully saturated rings. The molecule has 0 amide bonds. The highest BCUT2D eigenvalue weighted by Crippen LogP contribution is 2.25. The number of halogens is 1. The number of aliphatic carboxylic acids is 1. The first-order valence-electron chi connectivity index (χ1n) is 6.38. The number of carboxylic acids is 1. The molecule has 4 nitrogen and oxygen atoms in total. The van der Waals surface area contributed by atoms with Crippen LogP contribution in [0, 0.1) is 0 Å². The van der Waals surface area contributed by atoms with E-state index in [-0.39, 0.29) is 0 Å². The lowest BCUT2D eigenvalue weighted by molar-refractivity contribution is -0.131. The maximum atomic E-state index is 10.5. The second-order valence-corrected chi connectivity index (χ2v) is 5.41. The summed E-state index contributed by atoms with van der Waals surface area (Å²) >= 11 is 3.46. The molecule has 0 saturated carbocycles. The third-order valence-electron chi connectivity index (χ3n) is 2.96. The summed E-state index contributed by atoms with van der Waals surface area (Å²) in [6.07, 6.45) is 4.46. The number of aromatic nitrogens is 1. The first-order chi connectivity index (χ1) is 10.1. The van der Waals surface area contributed by atoms with Gasteiger partial charge in [-0.2, -0.15) is 0 Å². The van der Waals surface area contributed by atoms with Crippen LogP contribution in [0.4, 0.5) is 5.69 Å². The van der Waals surface area contributed by atoms with Gasteiger partial charge >= 0.3 is 5.97 Å². The number of hydrogen-bond acceptors (Lipinski definition) is 3. The van der Waals surface area contributed by atoms with E-state index in [1.807, 2.05) is 43.4 Å². The third-order valence-corrected chi connectivity index (χ3v) is 3.64. The summed E-state index contributed by atoms with van der Waals surface area (Å²) in [7, 11) is 1.99. The number of carboxylic acid groups (broad SMARTS) is 1. The van der Waals surface area contributed by atoms with Crippen LogP contribution in [0.15, 0.2) is 53.1 Å². The predicted octanol–water partition coefficient (Wildman–Crippen LogP) is 3.58. The highest BCUT2D eigenvalue weighted by molar-refractivity contribution is 9.10. The summed E-state index contributed by atoms with van der Waals surface area (Å²) in [5, 5.41) is 8.66. The molecule has 1 aromatic carbocycles. The van der Waals surface area contributed by atoms with Gasteiger partial charge in [0.25, 0.3) is 0 Å². The van der Waals surface area contributed by atoms with Crippen molar-refractivity contribution in [1.82, 2.24) is 4.98 Å². The molecule has 0 bridgehead atoms. The van der Waals surface area contributed by atoms with E-state index in [0.717, 1.165) is 27.5 Å². The zero-order chi connectivity index (χ0) is 15.2. The number of rotatable bonds is 5. The fraction of sp³-hybridized carbons (Fsp3) is 0.125. The van der Waals surface area contributed by atoms with Crippen molar-refractivity contribution in [3.63, 3.8) is 0 Å². The van der Waals surface area contributed by atoms with Gasteiger partial charge in [-0.3, -0.25) is 4.98 Å². The van der Waals surface area contributed by atoms with E-state index in [9.17, 15) is 4.79 Å². The molecule has 1 heterocycles. The first-order valence-corrected chi connectivity index (χ1v) is 7.17. The Hall–Kier alpha value is -2.14. The molecule has 108 valence electrons. The molecule has 21 heavy (non-hydrogen) atoms. The maximum absolute atomic E-state index is 10.5. The number of hydrogen-bond donors (Lipinski definition) is 1. The summed E-state index contributed by atoms with van der Waals surface area (Å²) in [6.45, 7) is 0.706. The molecule has 0 spiro atoms. The first kappa shape index (κ1) is 15.3. The molecule has 0 aliphatic rings. The SMILES string of the molecule is CN(Cc1ccccn1)c1ccc(/C=C/C(=O)O)c(Br)c1. The highest BCUT2D eigenvalue weighted by atomic mass is 79.9. The van der Waals surface area contributed by atoms with Crippen LogP contribution in [-0.4, -0.2) is 23.1 Å². The van der Waals surface area contributed by atoms with Gasteiger partial charge in [0.05, 0.1) is 12.2 Å². The fourth-order valence-corrected chi connectivity index (χ4v) is 2.37. The van der Waals surface area contributed by atoms with Crippen LogP contribution < -0.4 is 4.90 Å². The van der Waals surface area contributed by atoms with E-state index in [2.05, 4.69) is 25.8 Å². The molecule has 1 aromatic heterocycles. The molecule has 0 saturated heterocycles. The van der Waals surface area contributed by atoms with Crippen molar-refractivity contribution < 1.29 is 9.90 Å². The molecule has 1 N–H and O–H groups in total. The second kappa shape index (κ2) is 7.04. The molecule has 0 radical (unpaired) electrons. The van der Waals surface area contributed by atoms with Gasteiger partial charge in [-0.15, -0.1) is 0 Å². The Bertz CT molecular complexity index is 657. The van der Waals surface area contributed by atoms with Crippen LogP contribution in [0.2, 0.25) is 0 Å². The van der Waals surface area contributed by atoms with E-state index >= 15 is 0 Å². The molecule has 5 heteroatoms. The number of pyridine rings is 1. The lowest BCUT2D eigenvalue weighted by Crippen LogP contribution is -2.17. The molecule has 0 aliphatic heterocycles. The van der Waals surface area contributed by atoms with Crippen molar-refractivity contribution in [3.8, 4) is 0 Å². The van der Waals surface area contributed by atoms with E-state index in [1.165, 1.54) is 0 Å². The summed E-state index contributed by atoms with van der Waals surface area (Å²) < 4.78 is 0.852. The Morgan fingerprint density at radius 3 is 2.81 bits per heavy atom. The van der Waals surface area contributed by atoms with Crippen LogP contribution >= 0.6 is 15.9 Å². The molecule has 0 atom stereocenters. The smallest absolute Gasteiger partial charge is 0.328 e. The number of benzene rings is 1. The number of anilines is 1. The average molecular weight is 347 g/mol. The van der Waals surface area contributed by atoms with Gasteiger partial charge in [-0.25, -0.2) is 4.79 Å². The lowest BCUT2D eigenvalue weighted by Gasteiger charge is -2.19. The van der Waals surface area contributed by atoms with Crippen LogP contribution in [0.3, 0.4) is 0 Å². The number of nitrogens with zero attached hydrogens (tertiary/aromatic N) is 2. The van der Waals surface area contributed by atoms with Gasteiger partial charge in [0, 0.05) is 29.5 Å². The molecule has 2 aromatic rings. The number of carbonyl (C=O) groups is 1. The summed E-state index contributed by atoms with van der Waals surface area (Å²) in [5.41, 5.74) is 2.85. The topological polar surface area (TPSA) is 53.4 Å². The lowest BCUT2D eigenvalue weighted by atomic mass is 10.2. The summed E-state index contributed by atoms with van der Waals surface area (Å²) in [4.78, 5) is 16.9. The zero-order valence-corrected chi connectivity index (χ0v) is 13.1. The molecular formula is C16H15BrN2O2. The van der Waals surface area contributed by atoms with Gasteiger partial charge in [-0.1, -0.05) is 28.1 Å². The Morgan fingerprint density at radius 1 is 1.38 bits per heavy atom. The standard InChI is InChI=1S/C16H15BrN2O2/c1-19(11-13-4-2-3-9-18-13)14-7-5-12(15(17)10-14)6-8-16(20)21/h2-10H,11H2,1H3,(H,20,21)/b8-6+. The van der Waals surface area contributed by atoms with Crippen molar-refractivity contribution in [2.45, 2.75) is 6.54 Å². The minimum atomic E-state index is -0.960. The molecule has 2 rings (SSSR count). The van der Waals surface area contributed by atoms with E-state index in [0.29, 0.717) is 6.54 Å². The van der Waals surface area contributed by atoms with Gasteiger partial charge in [-0.05, 0) is 35.9 Å². The molecule has 0 aliphatic carbocycles. The van der Waals surface area contributed by atoms with Crippen LogP contribution in [0.1, 0.15) is 11.3 Å². The van der Waals surface area contributed by atoms with E-state index in [1.54, 1.807) is 12.3 Å². The van der Waals surface area contributed by atoms with Gasteiger partial charge in [0.2, 0.25) is 0 Å². The Kier molecular flexibility index (Phi) is 5.11. The van der Waals surface area contributed by atoms with Gasteiger partial charge in [0.15, 0.2) is 0 Å². The quantitative estimate of drug-likeness (QED) is 0.840. The van der Waals surface area contributed by atoms with Crippen molar-refractivity contribution in [2.75, 3.05) is 11.9 Å². The molecular weight excluding hydrogens is 332 g/mol. The van der Waals surface area contributed by atoms with Crippen LogP contribution in [-0.2, 0) is 11.3 Å². The van der Waals surface area contributed by atoms with Crippen molar-refractivity contribution in [2.24, 2.45) is 0 Å². The second-order valence-electron chi connectivity index (χ2n) is 4.55. The monoisotopic (exact) mass is 346 g/mol. The Morgan fingerprint density at radius 2 is 2.19 bits per heavy atom. The van der Waals surface area contributed by atoms with Crippen molar-refractivity contribution in [1.29, 1.82) is 0 Å². The highest BCUT2D eigenvalue weighted by Gasteiger charge is 2.05. The minimum absolute atomic E-state index is 0.706. The van der Waals surface area contributed by atoms with Crippen molar-refractivity contribution in [3.05, 3.63) is 64.4 Å². The minimum Gasteiger partial charge on any atom is -0.478 e. The molecule has 0 unspecified atom stereocenters. The Balaban J connectivity index is 2.14. The zero-order valence-electron chi connectivity index (χ0n) is 11.5. The largest absolute Gasteiger partial charge is 0.478 e. The van der Waals surface area contributed by atoms with E-state index in [4.69, 9.17) is 5.11 Å². The van der Waals surface area contributed by atoms with Crippen LogP contribution in [0.25, 0.3) is 6.08 Å². The third kappa shape index (κ3) is 4.43.